The first kappa shape index (κ1) is 23.3. The number of oxime groups is 1. The summed E-state index contributed by atoms with van der Waals surface area (Å²) in [7, 11) is 0. The van der Waals surface area contributed by atoms with E-state index < -0.39 is 17.7 Å². The van der Waals surface area contributed by atoms with E-state index in [1.165, 1.54) is 44.2 Å². The Bertz CT molecular complexity index is 811. The second-order valence-corrected chi connectivity index (χ2v) is 6.88. The molecule has 0 radical (unpaired) electrons. The van der Waals surface area contributed by atoms with Crippen molar-refractivity contribution < 1.29 is 23.1 Å². The number of carbonyl (C=O) groups excluding carboxylic acids is 1. The van der Waals surface area contributed by atoms with Gasteiger partial charge in [-0.25, -0.2) is 13.6 Å². The van der Waals surface area contributed by atoms with Gasteiger partial charge in [-0.2, -0.15) is 0 Å². The first-order valence-electron chi connectivity index (χ1n) is 10.3. The molecule has 0 saturated heterocycles. The Kier molecular flexibility index (Phi) is 10.3. The predicted molar refractivity (Wildman–Crippen MR) is 114 cm³/mol. The molecule has 0 aliphatic carbocycles. The van der Waals surface area contributed by atoms with Crippen LogP contribution in [0.2, 0.25) is 0 Å². The van der Waals surface area contributed by atoms with Crippen LogP contribution >= 0.6 is 0 Å². The van der Waals surface area contributed by atoms with E-state index in [4.69, 9.17) is 4.74 Å². The van der Waals surface area contributed by atoms with E-state index in [2.05, 4.69) is 22.2 Å². The topological polar surface area (TPSA) is 59.9 Å². The summed E-state index contributed by atoms with van der Waals surface area (Å²) in [6.45, 7) is 2.87. The monoisotopic (exact) mass is 418 g/mol. The smallest absolute Gasteiger partial charge is 0.437 e. The van der Waals surface area contributed by atoms with Gasteiger partial charge < -0.3 is 4.74 Å². The van der Waals surface area contributed by atoms with Gasteiger partial charge in [-0.1, -0.05) is 62.7 Å². The van der Waals surface area contributed by atoms with Crippen molar-refractivity contribution in [3.63, 3.8) is 0 Å². The van der Waals surface area contributed by atoms with Crippen LogP contribution in [0, 0.1) is 11.6 Å². The molecule has 0 atom stereocenters. The molecular weight excluding hydrogens is 390 g/mol. The van der Waals surface area contributed by atoms with E-state index in [9.17, 15) is 13.6 Å². The molecule has 2 rings (SSSR count). The third-order valence-corrected chi connectivity index (χ3v) is 4.43. The standard InChI is InChI=1S/C23H28F2N2O3/c1-2-3-4-5-6-7-8-16-29-20-14-12-19(13-15-20)27-23(28)30-26-17-18-10-9-11-21(24)22(18)25/h9-15,17H,2-8,16H2,1H3,(H,27,28). The molecule has 0 saturated carbocycles. The molecule has 2 aromatic rings. The summed E-state index contributed by atoms with van der Waals surface area (Å²) in [5.74, 6) is -1.34. The van der Waals surface area contributed by atoms with Crippen molar-refractivity contribution in [2.45, 2.75) is 51.9 Å². The normalized spacial score (nSPS) is 10.9. The number of unbranched alkanes of at least 4 members (excludes halogenated alkanes) is 6. The number of hydrogen-bond acceptors (Lipinski definition) is 4. The van der Waals surface area contributed by atoms with E-state index in [1.54, 1.807) is 24.3 Å². The van der Waals surface area contributed by atoms with Gasteiger partial charge in [-0.3, -0.25) is 10.2 Å². The lowest BCUT2D eigenvalue weighted by Gasteiger charge is -2.07. The highest BCUT2D eigenvalue weighted by molar-refractivity contribution is 5.86. The van der Waals surface area contributed by atoms with Gasteiger partial charge >= 0.3 is 6.09 Å². The maximum absolute atomic E-state index is 13.5. The number of carbonyl (C=O) groups is 1. The third kappa shape index (κ3) is 8.59. The van der Waals surface area contributed by atoms with Crippen molar-refractivity contribution in [1.82, 2.24) is 0 Å². The van der Waals surface area contributed by atoms with Gasteiger partial charge in [0.25, 0.3) is 0 Å². The molecule has 1 amide bonds. The highest BCUT2D eigenvalue weighted by Gasteiger charge is 2.06. The van der Waals surface area contributed by atoms with E-state index in [0.29, 0.717) is 12.3 Å². The summed E-state index contributed by atoms with van der Waals surface area (Å²) in [5.41, 5.74) is 0.376. The lowest BCUT2D eigenvalue weighted by molar-refractivity contribution is 0.167. The number of hydrogen-bond donors (Lipinski definition) is 1. The fourth-order valence-corrected chi connectivity index (χ4v) is 2.78. The van der Waals surface area contributed by atoms with E-state index in [1.807, 2.05) is 0 Å². The molecule has 0 bridgehead atoms. The fraction of sp³-hybridized carbons (Fsp3) is 0.391. The van der Waals surface area contributed by atoms with Crippen LogP contribution in [0.3, 0.4) is 0 Å². The van der Waals surface area contributed by atoms with Crippen LogP contribution in [0.15, 0.2) is 47.6 Å². The number of anilines is 1. The molecule has 1 N–H and O–H groups in total. The molecule has 162 valence electrons. The predicted octanol–water partition coefficient (Wildman–Crippen LogP) is 6.68. The molecule has 0 aliphatic rings. The first-order chi connectivity index (χ1) is 14.6. The Morgan fingerprint density at radius 2 is 1.70 bits per heavy atom. The van der Waals surface area contributed by atoms with Crippen LogP contribution in [0.5, 0.6) is 5.75 Å². The minimum absolute atomic E-state index is 0.120. The second-order valence-electron chi connectivity index (χ2n) is 6.88. The number of benzene rings is 2. The number of nitrogens with zero attached hydrogens (tertiary/aromatic N) is 1. The Labute approximate surface area is 176 Å². The van der Waals surface area contributed by atoms with Crippen LogP contribution in [0.1, 0.15) is 57.4 Å². The van der Waals surface area contributed by atoms with Crippen molar-refractivity contribution in [3.8, 4) is 5.75 Å². The molecular formula is C23H28F2N2O3. The summed E-state index contributed by atoms with van der Waals surface area (Å²) < 4.78 is 32.3. The Balaban J connectivity index is 1.66. The zero-order valence-electron chi connectivity index (χ0n) is 17.2. The molecule has 0 unspecified atom stereocenters. The van der Waals surface area contributed by atoms with E-state index in [-0.39, 0.29) is 5.56 Å². The van der Waals surface area contributed by atoms with Crippen molar-refractivity contribution in [3.05, 3.63) is 59.7 Å². The number of nitrogens with one attached hydrogen (secondary N) is 1. The summed E-state index contributed by atoms with van der Waals surface area (Å²) in [4.78, 5) is 16.3. The van der Waals surface area contributed by atoms with Crippen LogP contribution in [-0.2, 0) is 4.84 Å². The van der Waals surface area contributed by atoms with Crippen molar-refractivity contribution >= 4 is 18.0 Å². The average molecular weight is 418 g/mol. The van der Waals surface area contributed by atoms with Crippen LogP contribution in [0.4, 0.5) is 19.3 Å². The van der Waals surface area contributed by atoms with Gasteiger partial charge in [0.2, 0.25) is 0 Å². The van der Waals surface area contributed by atoms with Gasteiger partial charge in [-0.05, 0) is 36.8 Å². The molecule has 0 aromatic heterocycles. The van der Waals surface area contributed by atoms with E-state index in [0.717, 1.165) is 30.9 Å². The van der Waals surface area contributed by atoms with Crippen LogP contribution in [0.25, 0.3) is 0 Å². The average Bonchev–Trinajstić information content (AvgIpc) is 2.74. The second kappa shape index (κ2) is 13.3. The zero-order chi connectivity index (χ0) is 21.6. The molecule has 2 aromatic carbocycles. The van der Waals surface area contributed by atoms with E-state index >= 15 is 0 Å². The molecule has 0 fully saturated rings. The number of rotatable bonds is 12. The third-order valence-electron chi connectivity index (χ3n) is 4.43. The Morgan fingerprint density at radius 3 is 2.43 bits per heavy atom. The van der Waals surface area contributed by atoms with Gasteiger partial charge in [0.05, 0.1) is 12.8 Å². The largest absolute Gasteiger partial charge is 0.494 e. The summed E-state index contributed by atoms with van der Waals surface area (Å²) in [6.07, 6.45) is 8.65. The van der Waals surface area contributed by atoms with Crippen molar-refractivity contribution in [1.29, 1.82) is 0 Å². The quantitative estimate of drug-likeness (QED) is 0.181. The summed E-state index contributed by atoms with van der Waals surface area (Å²) >= 11 is 0. The van der Waals surface area contributed by atoms with Crippen LogP contribution < -0.4 is 10.1 Å². The zero-order valence-corrected chi connectivity index (χ0v) is 17.2. The highest BCUT2D eigenvalue weighted by Crippen LogP contribution is 2.17. The van der Waals surface area contributed by atoms with Crippen molar-refractivity contribution in [2.75, 3.05) is 11.9 Å². The maximum atomic E-state index is 13.5. The number of halogens is 2. The lowest BCUT2D eigenvalue weighted by Crippen LogP contribution is -2.10. The molecule has 30 heavy (non-hydrogen) atoms. The lowest BCUT2D eigenvalue weighted by atomic mass is 10.1. The van der Waals surface area contributed by atoms with Gasteiger partial charge in [0.1, 0.15) is 5.75 Å². The molecule has 7 heteroatoms. The van der Waals surface area contributed by atoms with Gasteiger partial charge in [-0.15, -0.1) is 0 Å². The summed E-state index contributed by atoms with van der Waals surface area (Å²) in [5, 5.41) is 5.85. The fourth-order valence-electron chi connectivity index (χ4n) is 2.78. The molecule has 5 nitrogen and oxygen atoms in total. The first-order valence-corrected chi connectivity index (χ1v) is 10.3. The highest BCUT2D eigenvalue weighted by atomic mass is 19.2. The van der Waals surface area contributed by atoms with Gasteiger partial charge in [0.15, 0.2) is 11.6 Å². The Hall–Kier alpha value is -2.96. The van der Waals surface area contributed by atoms with Crippen LogP contribution in [-0.4, -0.2) is 18.9 Å². The maximum Gasteiger partial charge on any atom is 0.437 e. The molecule has 0 aliphatic heterocycles. The minimum Gasteiger partial charge on any atom is -0.494 e. The number of amides is 1. The van der Waals surface area contributed by atoms with Crippen molar-refractivity contribution in [2.24, 2.45) is 5.16 Å². The molecule has 0 heterocycles. The minimum atomic E-state index is -1.06. The SMILES string of the molecule is CCCCCCCCCOc1ccc(NC(=O)ON=Cc2cccc(F)c2F)cc1. The molecule has 0 spiro atoms. The number of ether oxygens (including phenoxy) is 1. The Morgan fingerprint density at radius 1 is 1.00 bits per heavy atom. The van der Waals surface area contributed by atoms with Gasteiger partial charge in [0, 0.05) is 11.3 Å². The summed E-state index contributed by atoms with van der Waals surface area (Å²) in [6, 6.07) is 10.5.